The summed E-state index contributed by atoms with van der Waals surface area (Å²) in [4.78, 5) is 12.2. The number of piperazine rings is 1. The molecule has 1 aromatic rings. The summed E-state index contributed by atoms with van der Waals surface area (Å²) in [6.45, 7) is 9.05. The van der Waals surface area contributed by atoms with Crippen LogP contribution in [0.25, 0.3) is 0 Å². The molecule has 1 N–H and O–H groups in total. The molecule has 0 bridgehead atoms. The van der Waals surface area contributed by atoms with E-state index in [1.165, 1.54) is 31.6 Å². The monoisotopic (exact) mass is 415 g/mol. The Kier molecular flexibility index (Phi) is 7.00. The summed E-state index contributed by atoms with van der Waals surface area (Å²) in [5.41, 5.74) is 1.44. The number of hydrogen-bond acceptors (Lipinski definition) is 5. The second-order valence-corrected chi connectivity index (χ2v) is 8.61. The third-order valence-electron chi connectivity index (χ3n) is 6.99. The lowest BCUT2D eigenvalue weighted by atomic mass is 9.88. The van der Waals surface area contributed by atoms with Crippen molar-refractivity contribution in [2.24, 2.45) is 4.99 Å². The summed E-state index contributed by atoms with van der Waals surface area (Å²) in [5.74, 6) is 1.95. The summed E-state index contributed by atoms with van der Waals surface area (Å²) in [5, 5.41) is 3.74. The van der Waals surface area contributed by atoms with Gasteiger partial charge in [-0.1, -0.05) is 6.07 Å². The molecule has 0 spiro atoms. The molecule has 30 heavy (non-hydrogen) atoms. The first-order chi connectivity index (χ1) is 14.7. The van der Waals surface area contributed by atoms with Gasteiger partial charge in [-0.05, 0) is 50.9 Å². The van der Waals surface area contributed by atoms with Crippen LogP contribution in [-0.2, 0) is 4.74 Å². The molecule has 0 aromatic heterocycles. The van der Waals surface area contributed by atoms with Crippen LogP contribution in [0.1, 0.15) is 25.7 Å². The Hall–Kier alpha value is -1.99. The topological polar surface area (TPSA) is 52.6 Å². The second kappa shape index (κ2) is 9.88. The highest BCUT2D eigenvalue weighted by Gasteiger charge is 2.40. The van der Waals surface area contributed by atoms with Crippen molar-refractivity contribution in [2.45, 2.75) is 31.2 Å². The fraction of sp³-hybridized carbons (Fsp3) is 0.696. The lowest BCUT2D eigenvalue weighted by Gasteiger charge is -2.45. The Bertz CT molecular complexity index is 705. The molecule has 0 aliphatic carbocycles. The van der Waals surface area contributed by atoms with Crippen molar-refractivity contribution in [3.05, 3.63) is 24.3 Å². The summed E-state index contributed by atoms with van der Waals surface area (Å²) in [6.07, 6.45) is 4.87. The number of nitrogens with zero attached hydrogens (tertiary/aromatic N) is 4. The lowest BCUT2D eigenvalue weighted by Crippen LogP contribution is -2.60. The summed E-state index contributed by atoms with van der Waals surface area (Å²) < 4.78 is 11.1. The zero-order valence-corrected chi connectivity index (χ0v) is 18.6. The third kappa shape index (κ3) is 4.67. The van der Waals surface area contributed by atoms with Crippen molar-refractivity contribution in [2.75, 3.05) is 78.1 Å². The molecule has 166 valence electrons. The van der Waals surface area contributed by atoms with Gasteiger partial charge < -0.3 is 24.6 Å². The van der Waals surface area contributed by atoms with E-state index >= 15 is 0 Å². The molecular weight excluding hydrogens is 378 g/mol. The fourth-order valence-electron chi connectivity index (χ4n) is 5.11. The molecule has 0 atom stereocenters. The predicted octanol–water partition coefficient (Wildman–Crippen LogP) is 2.04. The van der Waals surface area contributed by atoms with Crippen LogP contribution >= 0.6 is 0 Å². The zero-order chi connectivity index (χ0) is 20.8. The number of hydrogen-bond donors (Lipinski definition) is 1. The molecule has 3 aliphatic heterocycles. The maximum atomic E-state index is 5.69. The zero-order valence-electron chi connectivity index (χ0n) is 18.6. The van der Waals surface area contributed by atoms with Crippen molar-refractivity contribution in [1.29, 1.82) is 0 Å². The molecule has 1 aromatic carbocycles. The third-order valence-corrected chi connectivity index (χ3v) is 6.99. The summed E-state index contributed by atoms with van der Waals surface area (Å²) in [7, 11) is 3.63. The molecule has 7 heteroatoms. The molecule has 3 saturated heterocycles. The highest BCUT2D eigenvalue weighted by Crippen LogP contribution is 2.31. The average molecular weight is 416 g/mol. The Morgan fingerprint density at radius 2 is 1.83 bits per heavy atom. The number of ether oxygens (including phenoxy) is 2. The first-order valence-electron chi connectivity index (χ1n) is 11.4. The van der Waals surface area contributed by atoms with E-state index in [1.807, 2.05) is 13.1 Å². The highest BCUT2D eigenvalue weighted by molar-refractivity contribution is 5.80. The van der Waals surface area contributed by atoms with Crippen LogP contribution < -0.4 is 15.0 Å². The normalized spacial score (nSPS) is 22.9. The number of rotatable bonds is 5. The van der Waals surface area contributed by atoms with Gasteiger partial charge >= 0.3 is 0 Å². The van der Waals surface area contributed by atoms with Gasteiger partial charge in [0.25, 0.3) is 0 Å². The molecular formula is C23H37N5O2. The van der Waals surface area contributed by atoms with Gasteiger partial charge in [-0.25, -0.2) is 0 Å². The van der Waals surface area contributed by atoms with E-state index in [-0.39, 0.29) is 5.54 Å². The van der Waals surface area contributed by atoms with E-state index in [0.717, 1.165) is 70.5 Å². The van der Waals surface area contributed by atoms with Crippen molar-refractivity contribution in [1.82, 2.24) is 15.1 Å². The number of benzene rings is 1. The molecule has 0 radical (unpaired) electrons. The second-order valence-electron chi connectivity index (χ2n) is 8.61. The SMILES string of the molecule is CN=C(NCC1(N2CCCC2)CCOCC1)N1CCN(c2cccc(OC)c2)CC1. The van der Waals surface area contributed by atoms with Gasteiger partial charge in [-0.15, -0.1) is 0 Å². The van der Waals surface area contributed by atoms with Crippen molar-refractivity contribution in [3.63, 3.8) is 0 Å². The molecule has 7 nitrogen and oxygen atoms in total. The Labute approximate surface area is 181 Å². The molecule has 0 saturated carbocycles. The van der Waals surface area contributed by atoms with Gasteiger partial charge in [0.2, 0.25) is 0 Å². The summed E-state index contributed by atoms with van der Waals surface area (Å²) in [6, 6.07) is 8.34. The van der Waals surface area contributed by atoms with Gasteiger partial charge in [-0.3, -0.25) is 9.89 Å². The fourth-order valence-corrected chi connectivity index (χ4v) is 5.11. The molecule has 0 amide bonds. The Morgan fingerprint density at radius 3 is 2.50 bits per heavy atom. The van der Waals surface area contributed by atoms with Crippen LogP contribution in [-0.4, -0.2) is 94.5 Å². The highest BCUT2D eigenvalue weighted by atomic mass is 16.5. The number of likely N-dealkylation sites (tertiary alicyclic amines) is 1. The number of methoxy groups -OCH3 is 1. The maximum absolute atomic E-state index is 5.69. The van der Waals surface area contributed by atoms with E-state index in [0.29, 0.717) is 0 Å². The number of guanidine groups is 1. The van der Waals surface area contributed by atoms with Crippen molar-refractivity contribution in [3.8, 4) is 5.75 Å². The first kappa shape index (κ1) is 21.2. The van der Waals surface area contributed by atoms with E-state index in [1.54, 1.807) is 7.11 Å². The van der Waals surface area contributed by atoms with E-state index < -0.39 is 0 Å². The van der Waals surface area contributed by atoms with Gasteiger partial charge in [-0.2, -0.15) is 0 Å². The van der Waals surface area contributed by atoms with E-state index in [9.17, 15) is 0 Å². The lowest BCUT2D eigenvalue weighted by molar-refractivity contribution is -0.0166. The minimum absolute atomic E-state index is 0.215. The molecule has 3 fully saturated rings. The average Bonchev–Trinajstić information content (AvgIpc) is 3.36. The van der Waals surface area contributed by atoms with Gasteiger partial charge in [0.15, 0.2) is 5.96 Å². The first-order valence-corrected chi connectivity index (χ1v) is 11.4. The van der Waals surface area contributed by atoms with Crippen LogP contribution in [0.15, 0.2) is 29.3 Å². The van der Waals surface area contributed by atoms with Crippen LogP contribution in [0.2, 0.25) is 0 Å². The van der Waals surface area contributed by atoms with E-state index in [2.05, 4.69) is 43.2 Å². The van der Waals surface area contributed by atoms with Crippen molar-refractivity contribution < 1.29 is 9.47 Å². The molecule has 3 aliphatic rings. The minimum Gasteiger partial charge on any atom is -0.497 e. The number of aliphatic imine (C=N–C) groups is 1. The largest absolute Gasteiger partial charge is 0.497 e. The van der Waals surface area contributed by atoms with Gasteiger partial charge in [0, 0.05) is 70.3 Å². The maximum Gasteiger partial charge on any atom is 0.193 e. The van der Waals surface area contributed by atoms with Crippen molar-refractivity contribution >= 4 is 11.6 Å². The van der Waals surface area contributed by atoms with Crippen LogP contribution in [0.5, 0.6) is 5.75 Å². The van der Waals surface area contributed by atoms with E-state index in [4.69, 9.17) is 9.47 Å². The predicted molar refractivity (Wildman–Crippen MR) is 122 cm³/mol. The smallest absolute Gasteiger partial charge is 0.193 e. The van der Waals surface area contributed by atoms with Crippen LogP contribution in [0, 0.1) is 0 Å². The van der Waals surface area contributed by atoms with Crippen LogP contribution in [0.4, 0.5) is 5.69 Å². The quantitative estimate of drug-likeness (QED) is 0.587. The standard InChI is InChI=1S/C23H37N5O2/c1-24-22(25-19-23(8-16-30-17-9-23)28-10-3-4-11-28)27-14-12-26(13-15-27)20-6-5-7-21(18-20)29-2/h5-7,18H,3-4,8-17,19H2,1-2H3,(H,24,25). The van der Waals surface area contributed by atoms with Gasteiger partial charge in [0.1, 0.15) is 5.75 Å². The summed E-state index contributed by atoms with van der Waals surface area (Å²) >= 11 is 0. The minimum atomic E-state index is 0.215. The number of nitrogens with one attached hydrogen (secondary N) is 1. The molecule has 3 heterocycles. The molecule has 0 unspecified atom stereocenters. The molecule has 4 rings (SSSR count). The van der Waals surface area contributed by atoms with Crippen LogP contribution in [0.3, 0.4) is 0 Å². The Morgan fingerprint density at radius 1 is 1.10 bits per heavy atom. The van der Waals surface area contributed by atoms with Gasteiger partial charge in [0.05, 0.1) is 7.11 Å². The Balaban J connectivity index is 1.34. The number of anilines is 1.